The predicted molar refractivity (Wildman–Crippen MR) is 90.5 cm³/mol. The van der Waals surface area contributed by atoms with Gasteiger partial charge in [0.1, 0.15) is 6.54 Å². The number of amides is 2. The molecule has 126 valence electrons. The van der Waals surface area contributed by atoms with Crippen LogP contribution in [0, 0.1) is 0 Å². The van der Waals surface area contributed by atoms with Crippen LogP contribution in [0.3, 0.4) is 0 Å². The van der Waals surface area contributed by atoms with Crippen molar-refractivity contribution < 1.29 is 14.7 Å². The molecule has 0 aromatic heterocycles. The number of nitrogens with zero attached hydrogens (tertiary/aromatic N) is 2. The monoisotopic (exact) mass is 338 g/mol. The van der Waals surface area contributed by atoms with E-state index in [-0.39, 0.29) is 37.4 Å². The van der Waals surface area contributed by atoms with Crippen molar-refractivity contribution >= 4 is 29.1 Å². The number of rotatable bonds is 6. The second-order valence-electron chi connectivity index (χ2n) is 5.78. The van der Waals surface area contributed by atoms with E-state index in [1.54, 1.807) is 21.9 Å². The maximum absolute atomic E-state index is 12.5. The largest absolute Gasteiger partial charge is 0.396 e. The van der Waals surface area contributed by atoms with Gasteiger partial charge < -0.3 is 14.9 Å². The van der Waals surface area contributed by atoms with Gasteiger partial charge >= 0.3 is 0 Å². The molecule has 0 saturated carbocycles. The number of hydrogen-bond acceptors (Lipinski definition) is 3. The average Bonchev–Trinajstić information content (AvgIpc) is 2.53. The highest BCUT2D eigenvalue weighted by atomic mass is 35.5. The summed E-state index contributed by atoms with van der Waals surface area (Å²) < 4.78 is 0. The first kappa shape index (κ1) is 17.8. The maximum atomic E-state index is 12.5. The smallest absolute Gasteiger partial charge is 0.246 e. The Morgan fingerprint density at radius 2 is 2.22 bits per heavy atom. The third kappa shape index (κ3) is 4.45. The number of hydrogen-bond donors (Lipinski definition) is 1. The van der Waals surface area contributed by atoms with Crippen LogP contribution >= 0.6 is 11.6 Å². The normalized spacial score (nSPS) is 18.4. The molecular formula is C17H23ClN2O3. The van der Waals surface area contributed by atoms with Crippen LogP contribution in [-0.4, -0.2) is 47.6 Å². The lowest BCUT2D eigenvalue weighted by Gasteiger charge is -2.41. The van der Waals surface area contributed by atoms with E-state index in [4.69, 9.17) is 16.7 Å². The summed E-state index contributed by atoms with van der Waals surface area (Å²) in [5.74, 6) is -0.279. The number of carbonyl (C=O) groups excluding carboxylic acids is 2. The molecule has 1 N–H and O–H groups in total. The second-order valence-corrected chi connectivity index (χ2v) is 6.21. The van der Waals surface area contributed by atoms with Crippen LogP contribution in [0.25, 0.3) is 0 Å². The second kappa shape index (κ2) is 8.31. The minimum absolute atomic E-state index is 0.0225. The van der Waals surface area contributed by atoms with Crippen molar-refractivity contribution in [2.45, 2.75) is 38.6 Å². The van der Waals surface area contributed by atoms with E-state index in [0.29, 0.717) is 11.6 Å². The van der Waals surface area contributed by atoms with Crippen LogP contribution in [0.15, 0.2) is 24.3 Å². The lowest BCUT2D eigenvalue weighted by molar-refractivity contribution is -0.140. The number of unbranched alkanes of at least 4 members (excludes halogenated alkanes) is 1. The molecule has 1 aliphatic rings. The Bertz CT molecular complexity index is 565. The minimum Gasteiger partial charge on any atom is -0.396 e. The lowest BCUT2D eigenvalue weighted by Crippen LogP contribution is -2.58. The van der Waals surface area contributed by atoms with Crippen LogP contribution in [-0.2, 0) is 9.59 Å². The maximum Gasteiger partial charge on any atom is 0.246 e. The molecule has 1 fully saturated rings. The zero-order valence-electron chi connectivity index (χ0n) is 13.4. The Labute approximate surface area is 141 Å². The van der Waals surface area contributed by atoms with Crippen LogP contribution in [0.5, 0.6) is 0 Å². The van der Waals surface area contributed by atoms with Crippen LogP contribution in [0.2, 0.25) is 5.02 Å². The van der Waals surface area contributed by atoms with Gasteiger partial charge in [0, 0.05) is 23.7 Å². The Morgan fingerprint density at radius 3 is 2.87 bits per heavy atom. The van der Waals surface area contributed by atoms with Gasteiger partial charge in [-0.1, -0.05) is 37.4 Å². The summed E-state index contributed by atoms with van der Waals surface area (Å²) in [4.78, 5) is 28.0. The van der Waals surface area contributed by atoms with Crippen molar-refractivity contribution in [3.8, 4) is 0 Å². The van der Waals surface area contributed by atoms with Crippen LogP contribution < -0.4 is 4.90 Å². The molecule has 6 heteroatoms. The molecule has 0 radical (unpaired) electrons. The van der Waals surface area contributed by atoms with Crippen molar-refractivity contribution in [1.82, 2.24) is 4.90 Å². The SMILES string of the molecule is CCCC[C@@H]1CN(c2cccc(Cl)c2)C(=O)CN1C(=O)CCO. The molecule has 1 aromatic rings. The van der Waals surface area contributed by atoms with Gasteiger partial charge in [-0.3, -0.25) is 9.59 Å². The Morgan fingerprint density at radius 1 is 1.43 bits per heavy atom. The molecule has 0 spiro atoms. The minimum atomic E-state index is -0.192. The highest BCUT2D eigenvalue weighted by Gasteiger charge is 2.34. The van der Waals surface area contributed by atoms with Gasteiger partial charge in [-0.2, -0.15) is 0 Å². The number of aliphatic hydroxyl groups excluding tert-OH is 1. The topological polar surface area (TPSA) is 60.9 Å². The third-order valence-corrected chi connectivity index (χ3v) is 4.33. The Kier molecular flexibility index (Phi) is 6.42. The average molecular weight is 339 g/mol. The van der Waals surface area contributed by atoms with Gasteiger partial charge in [-0.15, -0.1) is 0 Å². The molecule has 5 nitrogen and oxygen atoms in total. The number of anilines is 1. The molecule has 1 saturated heterocycles. The summed E-state index contributed by atoms with van der Waals surface area (Å²) in [5, 5.41) is 9.58. The third-order valence-electron chi connectivity index (χ3n) is 4.10. The molecule has 0 unspecified atom stereocenters. The molecule has 1 heterocycles. The highest BCUT2D eigenvalue weighted by molar-refractivity contribution is 6.30. The van der Waals surface area contributed by atoms with Gasteiger partial charge in [0.05, 0.1) is 12.6 Å². The van der Waals surface area contributed by atoms with Crippen molar-refractivity contribution in [2.24, 2.45) is 0 Å². The van der Waals surface area contributed by atoms with Crippen LogP contribution in [0.1, 0.15) is 32.6 Å². The summed E-state index contributed by atoms with van der Waals surface area (Å²) in [6, 6.07) is 7.18. The van der Waals surface area contributed by atoms with Gasteiger partial charge in [-0.25, -0.2) is 0 Å². The highest BCUT2D eigenvalue weighted by Crippen LogP contribution is 2.25. The van der Waals surface area contributed by atoms with E-state index in [0.717, 1.165) is 24.9 Å². The van der Waals surface area contributed by atoms with Crippen molar-refractivity contribution in [2.75, 3.05) is 24.6 Å². The molecular weight excluding hydrogens is 316 g/mol. The first-order valence-corrected chi connectivity index (χ1v) is 8.40. The molecule has 0 bridgehead atoms. The number of aliphatic hydroxyl groups is 1. The van der Waals surface area contributed by atoms with E-state index in [2.05, 4.69) is 6.92 Å². The fraction of sp³-hybridized carbons (Fsp3) is 0.529. The van der Waals surface area contributed by atoms with E-state index in [1.807, 2.05) is 12.1 Å². The van der Waals surface area contributed by atoms with Crippen molar-refractivity contribution in [3.05, 3.63) is 29.3 Å². The van der Waals surface area contributed by atoms with E-state index in [1.165, 1.54) is 0 Å². The molecule has 1 aromatic carbocycles. The summed E-state index contributed by atoms with van der Waals surface area (Å²) in [6.45, 7) is 2.43. The lowest BCUT2D eigenvalue weighted by atomic mass is 10.0. The fourth-order valence-electron chi connectivity index (χ4n) is 2.88. The van der Waals surface area contributed by atoms with E-state index < -0.39 is 0 Å². The molecule has 2 rings (SSSR count). The number of piperazine rings is 1. The summed E-state index contributed by atoms with van der Waals surface area (Å²) in [6.07, 6.45) is 2.93. The molecule has 0 aliphatic carbocycles. The van der Waals surface area contributed by atoms with Gasteiger partial charge in [-0.05, 0) is 24.6 Å². The molecule has 2 amide bonds. The molecule has 23 heavy (non-hydrogen) atoms. The Hall–Kier alpha value is -1.59. The van der Waals surface area contributed by atoms with Gasteiger partial charge in [0.15, 0.2) is 0 Å². The van der Waals surface area contributed by atoms with Crippen molar-refractivity contribution in [3.63, 3.8) is 0 Å². The zero-order valence-corrected chi connectivity index (χ0v) is 14.1. The Balaban J connectivity index is 2.19. The number of benzene rings is 1. The summed E-state index contributed by atoms with van der Waals surface area (Å²) in [5.41, 5.74) is 0.762. The predicted octanol–water partition coefficient (Wildman–Crippen LogP) is 2.46. The standard InChI is InChI=1S/C17H23ClN2O3/c1-2-3-6-15-11-19(14-7-4-5-13(18)10-14)17(23)12-20(15)16(22)8-9-21/h4-5,7,10,15,21H,2-3,6,8-9,11-12H2,1H3/t15-/m1/s1. The molecule has 1 atom stereocenters. The summed E-state index contributed by atoms with van der Waals surface area (Å²) in [7, 11) is 0. The van der Waals surface area contributed by atoms with Gasteiger partial charge in [0.2, 0.25) is 11.8 Å². The fourth-order valence-corrected chi connectivity index (χ4v) is 3.07. The quantitative estimate of drug-likeness (QED) is 0.866. The van der Waals surface area contributed by atoms with Gasteiger partial charge in [0.25, 0.3) is 0 Å². The van der Waals surface area contributed by atoms with E-state index >= 15 is 0 Å². The van der Waals surface area contributed by atoms with Crippen molar-refractivity contribution in [1.29, 1.82) is 0 Å². The molecule has 1 aliphatic heterocycles. The summed E-state index contributed by atoms with van der Waals surface area (Å²) >= 11 is 6.02. The number of carbonyl (C=O) groups is 2. The first-order valence-electron chi connectivity index (χ1n) is 8.03. The zero-order chi connectivity index (χ0) is 16.8. The number of halogens is 1. The van der Waals surface area contributed by atoms with Crippen LogP contribution in [0.4, 0.5) is 5.69 Å². The van der Waals surface area contributed by atoms with E-state index in [9.17, 15) is 9.59 Å². The first-order chi connectivity index (χ1) is 11.1.